The van der Waals surface area contributed by atoms with Gasteiger partial charge in [-0.05, 0) is 29.8 Å². The van der Waals surface area contributed by atoms with E-state index in [0.717, 1.165) is 10.7 Å². The Morgan fingerprint density at radius 3 is 2.18 bits per heavy atom. The summed E-state index contributed by atoms with van der Waals surface area (Å²) in [5.74, 6) is -0.631. The Labute approximate surface area is 187 Å². The maximum absolute atomic E-state index is 13.8. The summed E-state index contributed by atoms with van der Waals surface area (Å²) in [7, 11) is 3.24. The summed E-state index contributed by atoms with van der Waals surface area (Å²) < 4.78 is 84.7. The van der Waals surface area contributed by atoms with Crippen molar-refractivity contribution < 1.29 is 26.3 Å². The standard InChI is InChI=1S/C19H14ClF6N7/c1-31-4-3-12(28-31)13-8-14(29-32(13)2)33-17(27)15(16(30-33)19(24,25)26)9-5-10(18(21,22)23)7-11(20)6-9/h3-8H,27H2,1-2H3. The minimum absolute atomic E-state index is 0.0783. The van der Waals surface area contributed by atoms with Crippen LogP contribution in [0, 0.1) is 0 Å². The molecule has 174 valence electrons. The first-order chi connectivity index (χ1) is 15.3. The quantitative estimate of drug-likeness (QED) is 0.413. The van der Waals surface area contributed by atoms with Crippen molar-refractivity contribution in [2.24, 2.45) is 14.1 Å². The fourth-order valence-electron chi connectivity index (χ4n) is 3.33. The van der Waals surface area contributed by atoms with E-state index in [1.807, 2.05) is 0 Å². The number of hydrogen-bond donors (Lipinski definition) is 1. The minimum Gasteiger partial charge on any atom is -0.383 e. The monoisotopic (exact) mass is 489 g/mol. The van der Waals surface area contributed by atoms with Crippen LogP contribution in [0.2, 0.25) is 5.02 Å². The van der Waals surface area contributed by atoms with Gasteiger partial charge in [0.25, 0.3) is 0 Å². The summed E-state index contributed by atoms with van der Waals surface area (Å²) >= 11 is 5.77. The Morgan fingerprint density at radius 2 is 1.61 bits per heavy atom. The zero-order chi connectivity index (χ0) is 24.3. The fourth-order valence-corrected chi connectivity index (χ4v) is 3.57. The molecule has 0 unspecified atom stereocenters. The molecule has 1 aromatic carbocycles. The summed E-state index contributed by atoms with van der Waals surface area (Å²) in [6.45, 7) is 0. The minimum atomic E-state index is -5.02. The molecule has 3 aromatic heterocycles. The zero-order valence-electron chi connectivity index (χ0n) is 16.9. The Morgan fingerprint density at radius 1 is 0.909 bits per heavy atom. The lowest BCUT2D eigenvalue weighted by Gasteiger charge is -2.11. The molecule has 0 aliphatic heterocycles. The third-order valence-electron chi connectivity index (χ3n) is 4.76. The van der Waals surface area contributed by atoms with E-state index < -0.39 is 45.6 Å². The Balaban J connectivity index is 1.92. The summed E-state index contributed by atoms with van der Waals surface area (Å²) in [4.78, 5) is 0. The molecule has 0 amide bonds. The van der Waals surface area contributed by atoms with E-state index in [2.05, 4.69) is 15.3 Å². The first-order valence-electron chi connectivity index (χ1n) is 9.14. The van der Waals surface area contributed by atoms with Crippen molar-refractivity contribution in [3.63, 3.8) is 0 Å². The smallest absolute Gasteiger partial charge is 0.383 e. The van der Waals surface area contributed by atoms with Crippen LogP contribution in [-0.2, 0) is 26.4 Å². The third-order valence-corrected chi connectivity index (χ3v) is 4.98. The number of alkyl halides is 6. The van der Waals surface area contributed by atoms with Gasteiger partial charge in [-0.25, -0.2) is 0 Å². The number of nitrogens with zero attached hydrogens (tertiary/aromatic N) is 6. The SMILES string of the molecule is Cn1ccc(-c2cc(-n3nc(C(F)(F)F)c(-c4cc(Cl)cc(C(F)(F)F)c4)c3N)nn2C)n1. The van der Waals surface area contributed by atoms with Gasteiger partial charge in [-0.3, -0.25) is 9.36 Å². The normalized spacial score (nSPS) is 12.5. The fraction of sp³-hybridized carbons (Fsp3) is 0.211. The first kappa shape index (κ1) is 22.7. The van der Waals surface area contributed by atoms with Gasteiger partial charge in [0.1, 0.15) is 11.5 Å². The van der Waals surface area contributed by atoms with E-state index in [4.69, 9.17) is 17.3 Å². The molecule has 7 nitrogen and oxygen atoms in total. The molecule has 33 heavy (non-hydrogen) atoms. The number of nitrogen functional groups attached to an aromatic ring is 1. The highest BCUT2D eigenvalue weighted by atomic mass is 35.5. The summed E-state index contributed by atoms with van der Waals surface area (Å²) in [5.41, 5.74) is 3.02. The topological polar surface area (TPSA) is 79.5 Å². The zero-order valence-corrected chi connectivity index (χ0v) is 17.6. The van der Waals surface area contributed by atoms with Crippen LogP contribution in [-0.4, -0.2) is 29.3 Å². The van der Waals surface area contributed by atoms with Crippen LogP contribution < -0.4 is 5.73 Å². The van der Waals surface area contributed by atoms with E-state index in [1.54, 1.807) is 26.4 Å². The van der Waals surface area contributed by atoms with Gasteiger partial charge >= 0.3 is 12.4 Å². The van der Waals surface area contributed by atoms with Crippen molar-refractivity contribution in [3.05, 3.63) is 52.8 Å². The van der Waals surface area contributed by atoms with E-state index >= 15 is 0 Å². The molecule has 0 spiro atoms. The van der Waals surface area contributed by atoms with Crippen LogP contribution in [0.5, 0.6) is 0 Å². The molecule has 3 heterocycles. The van der Waals surface area contributed by atoms with Gasteiger partial charge in [0.2, 0.25) is 0 Å². The van der Waals surface area contributed by atoms with Gasteiger partial charge < -0.3 is 5.73 Å². The molecule has 0 bridgehead atoms. The van der Waals surface area contributed by atoms with E-state index in [1.165, 1.54) is 15.4 Å². The van der Waals surface area contributed by atoms with Gasteiger partial charge in [-0.2, -0.15) is 46.3 Å². The van der Waals surface area contributed by atoms with Crippen LogP contribution in [0.4, 0.5) is 32.2 Å². The van der Waals surface area contributed by atoms with Crippen LogP contribution in [0.3, 0.4) is 0 Å². The molecule has 0 fully saturated rings. The highest BCUT2D eigenvalue weighted by Crippen LogP contribution is 2.43. The molecule has 14 heteroatoms. The number of aromatic nitrogens is 6. The second-order valence-corrected chi connectivity index (χ2v) is 7.57. The average molecular weight is 490 g/mol. The van der Waals surface area contributed by atoms with Crippen molar-refractivity contribution in [3.8, 4) is 28.3 Å². The van der Waals surface area contributed by atoms with Gasteiger partial charge in [0, 0.05) is 31.4 Å². The molecule has 0 aliphatic rings. The predicted molar refractivity (Wildman–Crippen MR) is 107 cm³/mol. The Bertz CT molecular complexity index is 1350. The molecule has 2 N–H and O–H groups in total. The Hall–Kier alpha value is -3.48. The average Bonchev–Trinajstić information content (AvgIpc) is 3.36. The first-order valence-corrected chi connectivity index (χ1v) is 9.52. The number of aryl methyl sites for hydroxylation is 2. The van der Waals surface area contributed by atoms with Gasteiger partial charge in [0.15, 0.2) is 11.5 Å². The molecule has 0 saturated carbocycles. The number of anilines is 1. The summed E-state index contributed by atoms with van der Waals surface area (Å²) in [6, 6.07) is 5.19. The second kappa shape index (κ2) is 7.54. The molecule has 0 aliphatic carbocycles. The molecule has 4 aromatic rings. The third kappa shape index (κ3) is 4.15. The van der Waals surface area contributed by atoms with Crippen molar-refractivity contribution in [2.45, 2.75) is 12.4 Å². The molecule has 0 atom stereocenters. The van der Waals surface area contributed by atoms with Crippen LogP contribution in [0.15, 0.2) is 36.5 Å². The maximum Gasteiger partial charge on any atom is 0.435 e. The maximum atomic E-state index is 13.8. The largest absolute Gasteiger partial charge is 0.435 e. The number of benzene rings is 1. The number of hydrogen-bond acceptors (Lipinski definition) is 4. The molecular formula is C19H14ClF6N7. The van der Waals surface area contributed by atoms with Crippen LogP contribution in [0.1, 0.15) is 11.3 Å². The molecule has 4 rings (SSSR count). The summed E-state index contributed by atoms with van der Waals surface area (Å²) in [6.07, 6.45) is -8.18. The van der Waals surface area contributed by atoms with Crippen molar-refractivity contribution in [1.29, 1.82) is 0 Å². The van der Waals surface area contributed by atoms with Crippen molar-refractivity contribution >= 4 is 17.4 Å². The molecule has 0 saturated heterocycles. The lowest BCUT2D eigenvalue weighted by molar-refractivity contribution is -0.140. The van der Waals surface area contributed by atoms with Gasteiger partial charge in [0.05, 0.1) is 16.8 Å². The van der Waals surface area contributed by atoms with E-state index in [0.29, 0.717) is 23.5 Å². The van der Waals surface area contributed by atoms with E-state index in [-0.39, 0.29) is 5.82 Å². The number of rotatable bonds is 3. The highest BCUT2D eigenvalue weighted by Gasteiger charge is 2.41. The predicted octanol–water partition coefficient (Wildman–Crippen LogP) is 4.95. The lowest BCUT2D eigenvalue weighted by Crippen LogP contribution is -2.09. The van der Waals surface area contributed by atoms with Crippen LogP contribution >= 0.6 is 11.6 Å². The van der Waals surface area contributed by atoms with Crippen molar-refractivity contribution in [1.82, 2.24) is 29.3 Å². The van der Waals surface area contributed by atoms with Crippen molar-refractivity contribution in [2.75, 3.05) is 5.73 Å². The second-order valence-electron chi connectivity index (χ2n) is 7.13. The van der Waals surface area contributed by atoms with E-state index in [9.17, 15) is 26.3 Å². The van der Waals surface area contributed by atoms with Gasteiger partial charge in [-0.1, -0.05) is 11.6 Å². The Kier molecular flexibility index (Phi) is 5.19. The van der Waals surface area contributed by atoms with Crippen LogP contribution in [0.25, 0.3) is 28.3 Å². The summed E-state index contributed by atoms with van der Waals surface area (Å²) in [5, 5.41) is 11.5. The molecule has 0 radical (unpaired) electrons. The number of nitrogens with two attached hydrogens (primary N) is 1. The van der Waals surface area contributed by atoms with Gasteiger partial charge in [-0.15, -0.1) is 0 Å². The number of halogens is 7. The highest BCUT2D eigenvalue weighted by molar-refractivity contribution is 6.31. The molecular weight excluding hydrogens is 476 g/mol. The lowest BCUT2D eigenvalue weighted by atomic mass is 10.0.